The van der Waals surface area contributed by atoms with Crippen LogP contribution in [0.15, 0.2) is 0 Å². The summed E-state index contributed by atoms with van der Waals surface area (Å²) in [5, 5.41) is 0. The van der Waals surface area contributed by atoms with E-state index in [4.69, 9.17) is 4.74 Å². The summed E-state index contributed by atoms with van der Waals surface area (Å²) in [6.45, 7) is 2.89. The van der Waals surface area contributed by atoms with E-state index in [1.807, 2.05) is 0 Å². The number of ether oxygens (including phenoxy) is 1. The van der Waals surface area contributed by atoms with Crippen molar-refractivity contribution < 1.29 is 61.9 Å². The molecule has 0 rings (SSSR count). The zero-order valence-electron chi connectivity index (χ0n) is 6.14. The molecular formula is C6H11O2Zr2-. The second-order valence-corrected chi connectivity index (χ2v) is 1.55. The van der Waals surface area contributed by atoms with Gasteiger partial charge in [-0.1, -0.05) is 13.3 Å². The van der Waals surface area contributed by atoms with E-state index in [2.05, 4.69) is 6.92 Å². The molecule has 0 aliphatic rings. The van der Waals surface area contributed by atoms with Gasteiger partial charge in [-0.05, 0) is 13.0 Å². The molecule has 0 aliphatic heterocycles. The minimum Gasteiger partial charge on any atom is -0.540 e. The second-order valence-electron chi connectivity index (χ2n) is 1.55. The first-order valence-corrected chi connectivity index (χ1v) is 2.84. The van der Waals surface area contributed by atoms with Crippen molar-refractivity contribution in [1.82, 2.24) is 0 Å². The van der Waals surface area contributed by atoms with Gasteiger partial charge in [0.25, 0.3) is 0 Å². The number of carbonyl (C=O) groups excluding carboxylic acids is 1. The molecule has 4 heteroatoms. The maximum absolute atomic E-state index is 9.52. The summed E-state index contributed by atoms with van der Waals surface area (Å²) in [5.74, 6) is 0. The molecule has 0 atom stereocenters. The van der Waals surface area contributed by atoms with Gasteiger partial charge in [0.2, 0.25) is 0 Å². The number of hydrogen-bond acceptors (Lipinski definition) is 2. The average Bonchev–Trinajstić information content (AvgIpc) is 1.81. The molecule has 0 saturated carbocycles. The Labute approximate surface area is 100 Å². The Morgan fingerprint density at radius 1 is 1.40 bits per heavy atom. The molecule has 0 aliphatic carbocycles. The molecule has 0 N–H and O–H groups in total. The van der Waals surface area contributed by atoms with Crippen molar-refractivity contribution in [2.75, 3.05) is 13.2 Å². The average molecular weight is 298 g/mol. The summed E-state index contributed by atoms with van der Waals surface area (Å²) < 4.78 is 4.80. The zero-order valence-corrected chi connectivity index (χ0v) is 11.1. The van der Waals surface area contributed by atoms with Gasteiger partial charge in [-0.3, -0.25) is 0 Å². The van der Waals surface area contributed by atoms with Crippen molar-refractivity contribution in [2.45, 2.75) is 19.8 Å². The standard InChI is InChI=1S/C6H11O2.2Zr/c1-2-3-5-8-6-4-7;;/h2-3,5-6H2,1H3;;/q-1;;. The Morgan fingerprint density at radius 3 is 2.40 bits per heavy atom. The van der Waals surface area contributed by atoms with E-state index in [1.54, 1.807) is 6.29 Å². The first-order valence-electron chi connectivity index (χ1n) is 2.84. The van der Waals surface area contributed by atoms with Crippen LogP contribution >= 0.6 is 0 Å². The van der Waals surface area contributed by atoms with Gasteiger partial charge < -0.3 is 9.53 Å². The molecule has 0 bridgehead atoms. The van der Waals surface area contributed by atoms with E-state index in [0.29, 0.717) is 6.61 Å². The normalized spacial score (nSPS) is 7.30. The predicted molar refractivity (Wildman–Crippen MR) is 31.4 cm³/mol. The molecule has 10 heavy (non-hydrogen) atoms. The van der Waals surface area contributed by atoms with Crippen LogP contribution in [0.3, 0.4) is 0 Å². The molecule has 0 unspecified atom stereocenters. The van der Waals surface area contributed by atoms with E-state index < -0.39 is 0 Å². The molecule has 0 spiro atoms. The molecule has 0 saturated heterocycles. The summed E-state index contributed by atoms with van der Waals surface area (Å²) >= 11 is 0. The summed E-state index contributed by atoms with van der Waals surface area (Å²) in [5.41, 5.74) is 0. The Morgan fingerprint density at radius 2 is 2.00 bits per heavy atom. The molecule has 0 aromatic carbocycles. The molecule has 0 fully saturated rings. The maximum Gasteiger partial charge on any atom is 0.0433 e. The van der Waals surface area contributed by atoms with E-state index in [0.717, 1.165) is 12.8 Å². The third kappa shape index (κ3) is 16.2. The largest absolute Gasteiger partial charge is 0.540 e. The minimum atomic E-state index is 0. The van der Waals surface area contributed by atoms with Crippen LogP contribution in [0.4, 0.5) is 0 Å². The molecule has 0 radical (unpaired) electrons. The molecule has 2 nitrogen and oxygen atoms in total. The third-order valence-corrected chi connectivity index (χ3v) is 0.803. The van der Waals surface area contributed by atoms with Crippen molar-refractivity contribution in [3.63, 3.8) is 0 Å². The van der Waals surface area contributed by atoms with E-state index >= 15 is 0 Å². The second kappa shape index (κ2) is 16.8. The van der Waals surface area contributed by atoms with Crippen molar-refractivity contribution in [1.29, 1.82) is 0 Å². The van der Waals surface area contributed by atoms with E-state index in [9.17, 15) is 4.79 Å². The topological polar surface area (TPSA) is 26.3 Å². The fourth-order valence-corrected chi connectivity index (χ4v) is 0.360. The molecule has 0 heterocycles. The van der Waals surface area contributed by atoms with Crippen LogP contribution in [0.5, 0.6) is 0 Å². The van der Waals surface area contributed by atoms with E-state index in [-0.39, 0.29) is 59.0 Å². The zero-order chi connectivity index (χ0) is 6.24. The van der Waals surface area contributed by atoms with Crippen LogP contribution in [0.2, 0.25) is 0 Å². The number of hydrogen-bond donors (Lipinski definition) is 0. The molecular weight excluding hydrogens is 287 g/mol. The quantitative estimate of drug-likeness (QED) is 0.557. The van der Waals surface area contributed by atoms with Crippen LogP contribution < -0.4 is 0 Å². The van der Waals surface area contributed by atoms with Crippen LogP contribution in [-0.2, 0) is 61.9 Å². The Hall–Kier alpha value is 1.40. The van der Waals surface area contributed by atoms with Crippen molar-refractivity contribution in [3.8, 4) is 0 Å². The van der Waals surface area contributed by atoms with Crippen LogP contribution in [0, 0.1) is 0 Å². The Balaban J connectivity index is -0.000000245. The summed E-state index contributed by atoms with van der Waals surface area (Å²) in [6, 6.07) is 0. The fourth-order valence-electron chi connectivity index (χ4n) is 0.360. The van der Waals surface area contributed by atoms with Gasteiger partial charge in [0.05, 0.1) is 0 Å². The maximum atomic E-state index is 9.52. The Bertz CT molecular complexity index is 59.7. The number of unbranched alkanes of at least 4 members (excludes halogenated alkanes) is 1. The van der Waals surface area contributed by atoms with Crippen LogP contribution in [-0.4, -0.2) is 19.5 Å². The first kappa shape index (κ1) is 17.5. The van der Waals surface area contributed by atoms with Gasteiger partial charge in [0, 0.05) is 59.0 Å². The molecule has 0 aromatic heterocycles. The van der Waals surface area contributed by atoms with Gasteiger partial charge in [-0.25, -0.2) is 6.29 Å². The van der Waals surface area contributed by atoms with Crippen LogP contribution in [0.1, 0.15) is 19.8 Å². The van der Waals surface area contributed by atoms with E-state index in [1.165, 1.54) is 0 Å². The third-order valence-electron chi connectivity index (χ3n) is 0.803. The van der Waals surface area contributed by atoms with Crippen LogP contribution in [0.25, 0.3) is 0 Å². The van der Waals surface area contributed by atoms with Gasteiger partial charge in [0.15, 0.2) is 0 Å². The fraction of sp³-hybridized carbons (Fsp3) is 0.833. The molecule has 56 valence electrons. The molecule has 0 aromatic rings. The van der Waals surface area contributed by atoms with Crippen molar-refractivity contribution >= 4 is 6.29 Å². The van der Waals surface area contributed by atoms with Crippen molar-refractivity contribution in [2.24, 2.45) is 0 Å². The minimum absolute atomic E-state index is 0. The van der Waals surface area contributed by atoms with Crippen molar-refractivity contribution in [3.05, 3.63) is 0 Å². The smallest absolute Gasteiger partial charge is 0.0433 e. The monoisotopic (exact) mass is 295 g/mol. The van der Waals surface area contributed by atoms with Gasteiger partial charge >= 0.3 is 0 Å². The summed E-state index contributed by atoms with van der Waals surface area (Å²) in [7, 11) is 0. The Kier molecular flexibility index (Phi) is 29.3. The van der Waals surface area contributed by atoms with Gasteiger partial charge in [-0.2, -0.15) is 0 Å². The summed E-state index contributed by atoms with van der Waals surface area (Å²) in [4.78, 5) is 9.52. The predicted octanol–water partition coefficient (Wildman–Crippen LogP) is 0.908. The molecule has 0 amide bonds. The SMILES string of the molecule is CCCCOC[C-]=O.[Zr].[Zr]. The van der Waals surface area contributed by atoms with Gasteiger partial charge in [-0.15, -0.1) is 0 Å². The van der Waals surface area contributed by atoms with Gasteiger partial charge in [0.1, 0.15) is 0 Å². The number of rotatable bonds is 5. The first-order chi connectivity index (χ1) is 3.91. The summed E-state index contributed by atoms with van der Waals surface area (Å²) in [6.07, 6.45) is 3.79.